The highest BCUT2D eigenvalue weighted by Crippen LogP contribution is 2.09. The zero-order valence-corrected chi connectivity index (χ0v) is 12.7. The zero-order chi connectivity index (χ0) is 13.5. The van der Waals surface area contributed by atoms with Crippen LogP contribution in [-0.2, 0) is 11.3 Å². The number of carbonyl (C=O) groups is 1. The van der Waals surface area contributed by atoms with E-state index in [0.29, 0.717) is 13.1 Å². The normalized spacial score (nSPS) is 11.0. The van der Waals surface area contributed by atoms with Gasteiger partial charge in [-0.25, -0.2) is 0 Å². The van der Waals surface area contributed by atoms with Gasteiger partial charge in [-0.05, 0) is 48.5 Å². The van der Waals surface area contributed by atoms with Crippen molar-refractivity contribution >= 4 is 21.8 Å². The molecule has 0 fully saturated rings. The second-order valence-corrected chi connectivity index (χ2v) is 5.41. The number of amides is 1. The third-order valence-electron chi connectivity index (χ3n) is 2.44. The van der Waals surface area contributed by atoms with Crippen molar-refractivity contribution in [2.45, 2.75) is 33.4 Å². The number of pyridine rings is 1. The van der Waals surface area contributed by atoms with E-state index in [9.17, 15) is 4.79 Å². The Morgan fingerprint density at radius 3 is 2.72 bits per heavy atom. The Labute approximate surface area is 117 Å². The summed E-state index contributed by atoms with van der Waals surface area (Å²) in [6.45, 7) is 7.89. The highest BCUT2D eigenvalue weighted by atomic mass is 79.9. The van der Waals surface area contributed by atoms with Gasteiger partial charge in [-0.3, -0.25) is 14.7 Å². The minimum atomic E-state index is 0.0592. The van der Waals surface area contributed by atoms with Crippen molar-refractivity contribution in [1.29, 1.82) is 0 Å². The molecule has 1 rings (SSSR count). The molecule has 0 aliphatic carbocycles. The van der Waals surface area contributed by atoms with Crippen molar-refractivity contribution in [1.82, 2.24) is 15.2 Å². The molecule has 1 amide bonds. The number of nitrogens with zero attached hydrogens (tertiary/aromatic N) is 2. The highest BCUT2D eigenvalue weighted by Gasteiger charge is 2.10. The maximum atomic E-state index is 11.7. The summed E-state index contributed by atoms with van der Waals surface area (Å²) in [6, 6.07) is 4.11. The molecule has 1 heterocycles. The van der Waals surface area contributed by atoms with Crippen molar-refractivity contribution in [2.75, 3.05) is 13.1 Å². The summed E-state index contributed by atoms with van der Waals surface area (Å²) in [5, 5.41) is 2.89. The third-order valence-corrected chi connectivity index (χ3v) is 2.91. The van der Waals surface area contributed by atoms with E-state index in [0.717, 1.165) is 16.7 Å². The van der Waals surface area contributed by atoms with Crippen molar-refractivity contribution in [2.24, 2.45) is 0 Å². The number of hydrogen-bond donors (Lipinski definition) is 1. The first-order chi connectivity index (χ1) is 8.51. The van der Waals surface area contributed by atoms with E-state index in [-0.39, 0.29) is 11.9 Å². The number of hydrogen-bond acceptors (Lipinski definition) is 3. The van der Waals surface area contributed by atoms with Gasteiger partial charge in [0.2, 0.25) is 5.91 Å². The van der Waals surface area contributed by atoms with Crippen molar-refractivity contribution in [3.05, 3.63) is 28.5 Å². The molecule has 18 heavy (non-hydrogen) atoms. The van der Waals surface area contributed by atoms with Crippen molar-refractivity contribution in [3.63, 3.8) is 0 Å². The molecule has 0 unspecified atom stereocenters. The zero-order valence-electron chi connectivity index (χ0n) is 11.1. The van der Waals surface area contributed by atoms with Crippen LogP contribution in [-0.4, -0.2) is 34.9 Å². The van der Waals surface area contributed by atoms with Crippen LogP contribution in [0.25, 0.3) is 0 Å². The van der Waals surface area contributed by atoms with Gasteiger partial charge in [0.1, 0.15) is 0 Å². The van der Waals surface area contributed by atoms with Crippen molar-refractivity contribution in [3.8, 4) is 0 Å². The summed E-state index contributed by atoms with van der Waals surface area (Å²) in [4.78, 5) is 18.1. The second-order valence-electron chi connectivity index (χ2n) is 4.49. The number of rotatable bonds is 6. The fraction of sp³-hybridized carbons (Fsp3) is 0.538. The van der Waals surface area contributed by atoms with E-state index in [1.165, 1.54) is 0 Å². The van der Waals surface area contributed by atoms with Crippen LogP contribution in [0.15, 0.2) is 22.8 Å². The van der Waals surface area contributed by atoms with Crippen LogP contribution < -0.4 is 5.32 Å². The van der Waals surface area contributed by atoms with Crippen molar-refractivity contribution < 1.29 is 4.79 Å². The molecule has 0 aliphatic heterocycles. The molecule has 1 N–H and O–H groups in total. The van der Waals surface area contributed by atoms with Crippen LogP contribution in [0, 0.1) is 0 Å². The predicted molar refractivity (Wildman–Crippen MR) is 76.2 cm³/mol. The van der Waals surface area contributed by atoms with E-state index in [2.05, 4.69) is 31.1 Å². The SMILES string of the molecule is CCN(CC(=O)NC(C)C)Cc1ccc(Br)cn1. The topological polar surface area (TPSA) is 45.2 Å². The molecule has 0 saturated carbocycles. The Morgan fingerprint density at radius 2 is 2.22 bits per heavy atom. The summed E-state index contributed by atoms with van der Waals surface area (Å²) >= 11 is 3.36. The Kier molecular flexibility index (Phi) is 6.29. The molecule has 0 bridgehead atoms. The van der Waals surface area contributed by atoms with E-state index in [1.54, 1.807) is 6.20 Å². The van der Waals surface area contributed by atoms with Gasteiger partial charge in [0, 0.05) is 23.3 Å². The molecule has 0 aliphatic rings. The lowest BCUT2D eigenvalue weighted by atomic mass is 10.3. The Hall–Kier alpha value is -0.940. The number of aromatic nitrogens is 1. The Balaban J connectivity index is 2.51. The smallest absolute Gasteiger partial charge is 0.234 e. The van der Waals surface area contributed by atoms with Gasteiger partial charge in [-0.2, -0.15) is 0 Å². The fourth-order valence-corrected chi connectivity index (χ4v) is 1.81. The van der Waals surface area contributed by atoms with Gasteiger partial charge in [-0.15, -0.1) is 0 Å². The molecular formula is C13H20BrN3O. The molecule has 0 atom stereocenters. The average molecular weight is 314 g/mol. The first kappa shape index (κ1) is 15.1. The third kappa shape index (κ3) is 5.60. The standard InChI is InChI=1S/C13H20BrN3O/c1-4-17(9-13(18)16-10(2)3)8-12-6-5-11(14)7-15-12/h5-7,10H,4,8-9H2,1-3H3,(H,16,18). The first-order valence-electron chi connectivity index (χ1n) is 6.13. The minimum Gasteiger partial charge on any atom is -0.353 e. The van der Waals surface area contributed by atoms with Gasteiger partial charge in [0.05, 0.1) is 12.2 Å². The first-order valence-corrected chi connectivity index (χ1v) is 6.92. The Bertz CT molecular complexity index is 378. The summed E-state index contributed by atoms with van der Waals surface area (Å²) in [5.41, 5.74) is 0.970. The number of carbonyl (C=O) groups excluding carboxylic acids is 1. The van der Waals surface area contributed by atoms with Gasteiger partial charge in [-0.1, -0.05) is 6.92 Å². The number of likely N-dealkylation sites (N-methyl/N-ethyl adjacent to an activating group) is 1. The maximum absolute atomic E-state index is 11.7. The van der Waals surface area contributed by atoms with Crippen LogP contribution in [0.3, 0.4) is 0 Å². The molecule has 0 saturated heterocycles. The molecule has 100 valence electrons. The maximum Gasteiger partial charge on any atom is 0.234 e. The lowest BCUT2D eigenvalue weighted by Gasteiger charge is -2.20. The largest absolute Gasteiger partial charge is 0.353 e. The number of halogens is 1. The van der Waals surface area contributed by atoms with Crippen LogP contribution >= 0.6 is 15.9 Å². The van der Waals surface area contributed by atoms with E-state index < -0.39 is 0 Å². The highest BCUT2D eigenvalue weighted by molar-refractivity contribution is 9.10. The monoisotopic (exact) mass is 313 g/mol. The van der Waals surface area contributed by atoms with Gasteiger partial charge in [0.25, 0.3) is 0 Å². The van der Waals surface area contributed by atoms with Gasteiger partial charge < -0.3 is 5.32 Å². The predicted octanol–water partition coefficient (Wildman–Crippen LogP) is 2.19. The van der Waals surface area contributed by atoms with Gasteiger partial charge >= 0.3 is 0 Å². The number of nitrogens with one attached hydrogen (secondary N) is 1. The average Bonchev–Trinajstić information content (AvgIpc) is 2.30. The Morgan fingerprint density at radius 1 is 1.50 bits per heavy atom. The molecule has 1 aromatic heterocycles. The van der Waals surface area contributed by atoms with E-state index in [1.807, 2.05) is 32.9 Å². The summed E-state index contributed by atoms with van der Waals surface area (Å²) < 4.78 is 0.965. The summed E-state index contributed by atoms with van der Waals surface area (Å²) in [7, 11) is 0. The van der Waals surface area contributed by atoms with E-state index in [4.69, 9.17) is 0 Å². The molecule has 0 spiro atoms. The molecular weight excluding hydrogens is 294 g/mol. The lowest BCUT2D eigenvalue weighted by Crippen LogP contribution is -2.39. The molecule has 0 aromatic carbocycles. The molecule has 4 nitrogen and oxygen atoms in total. The summed E-state index contributed by atoms with van der Waals surface area (Å²) in [5.74, 6) is 0.0592. The van der Waals surface area contributed by atoms with E-state index >= 15 is 0 Å². The molecule has 0 radical (unpaired) electrons. The minimum absolute atomic E-state index is 0.0592. The van der Waals surface area contributed by atoms with Gasteiger partial charge in [0.15, 0.2) is 0 Å². The molecule has 5 heteroatoms. The van der Waals surface area contributed by atoms with Crippen LogP contribution in [0.4, 0.5) is 0 Å². The van der Waals surface area contributed by atoms with Crippen LogP contribution in [0.5, 0.6) is 0 Å². The quantitative estimate of drug-likeness (QED) is 0.875. The molecule has 1 aromatic rings. The summed E-state index contributed by atoms with van der Waals surface area (Å²) in [6.07, 6.45) is 1.78. The van der Waals surface area contributed by atoms with Crippen LogP contribution in [0.2, 0.25) is 0 Å². The second kappa shape index (κ2) is 7.48. The fourth-order valence-electron chi connectivity index (χ4n) is 1.58. The lowest BCUT2D eigenvalue weighted by molar-refractivity contribution is -0.122. The van der Waals surface area contributed by atoms with Crippen LogP contribution in [0.1, 0.15) is 26.5 Å².